The lowest BCUT2D eigenvalue weighted by Crippen LogP contribution is -2.28. The minimum Gasteiger partial charge on any atom is -0.333 e. The number of nitrogens with zero attached hydrogens (tertiary/aromatic N) is 2. The van der Waals surface area contributed by atoms with E-state index in [0.717, 1.165) is 4.88 Å². The Bertz CT molecular complexity index is 722. The molecule has 2 heterocycles. The van der Waals surface area contributed by atoms with E-state index in [1.54, 1.807) is 22.1 Å². The van der Waals surface area contributed by atoms with Gasteiger partial charge in [0.15, 0.2) is 5.82 Å². The minimum atomic E-state index is -0.252. The summed E-state index contributed by atoms with van der Waals surface area (Å²) in [4.78, 5) is 12.9. The largest absolute Gasteiger partial charge is 0.333 e. The molecule has 0 aliphatic rings. The fourth-order valence-corrected chi connectivity index (χ4v) is 2.67. The van der Waals surface area contributed by atoms with Crippen LogP contribution in [0.3, 0.4) is 0 Å². The number of benzene rings is 1. The normalized spacial score (nSPS) is 10.4. The van der Waals surface area contributed by atoms with Crippen LogP contribution in [0.5, 0.6) is 0 Å². The summed E-state index contributed by atoms with van der Waals surface area (Å²) in [5, 5.41) is 11.9. The predicted molar refractivity (Wildman–Crippen MR) is 87.9 cm³/mol. The third-order valence-corrected chi connectivity index (χ3v) is 3.95. The van der Waals surface area contributed by atoms with E-state index < -0.39 is 0 Å². The van der Waals surface area contributed by atoms with Crippen LogP contribution in [0.2, 0.25) is 0 Å². The number of urea groups is 1. The molecule has 0 saturated heterocycles. The molecule has 22 heavy (non-hydrogen) atoms. The summed E-state index contributed by atoms with van der Waals surface area (Å²) < 4.78 is 1.80. The lowest BCUT2D eigenvalue weighted by atomic mass is 10.2. The average molecular weight is 312 g/mol. The molecule has 2 aromatic heterocycles. The smallest absolute Gasteiger partial charge is 0.320 e. The van der Waals surface area contributed by atoms with Crippen LogP contribution in [-0.2, 0) is 13.1 Å². The van der Waals surface area contributed by atoms with Crippen LogP contribution in [-0.4, -0.2) is 15.8 Å². The molecule has 0 atom stereocenters. The number of aromatic nitrogens is 2. The predicted octanol–water partition coefficient (Wildman–Crippen LogP) is 3.31. The molecule has 0 saturated carbocycles. The molecule has 2 N–H and O–H groups in total. The standard InChI is InChI=1S/C16H16N4OS/c21-16(17-11-14-7-4-10-22-14)18-15-8-9-20(19-15)12-13-5-2-1-3-6-13/h1-10H,11-12H2,(H2,17,18,19,21). The number of hydrogen-bond donors (Lipinski definition) is 2. The second-order valence-electron chi connectivity index (χ2n) is 4.77. The van der Waals surface area contributed by atoms with Crippen LogP contribution in [0.4, 0.5) is 10.6 Å². The maximum absolute atomic E-state index is 11.8. The van der Waals surface area contributed by atoms with E-state index in [2.05, 4.69) is 15.7 Å². The van der Waals surface area contributed by atoms with Gasteiger partial charge >= 0.3 is 6.03 Å². The maximum Gasteiger partial charge on any atom is 0.320 e. The van der Waals surface area contributed by atoms with Gasteiger partial charge in [-0.2, -0.15) is 5.10 Å². The van der Waals surface area contributed by atoms with Crippen molar-refractivity contribution in [1.29, 1.82) is 0 Å². The molecule has 2 amide bonds. The molecule has 0 aliphatic heterocycles. The van der Waals surface area contributed by atoms with Gasteiger partial charge in [0.05, 0.1) is 13.1 Å². The summed E-state index contributed by atoms with van der Waals surface area (Å²) in [6.45, 7) is 1.20. The zero-order valence-electron chi connectivity index (χ0n) is 11.9. The topological polar surface area (TPSA) is 59.0 Å². The number of thiophene rings is 1. The van der Waals surface area contributed by atoms with Crippen LogP contribution < -0.4 is 10.6 Å². The highest BCUT2D eigenvalue weighted by molar-refractivity contribution is 7.09. The highest BCUT2D eigenvalue weighted by Gasteiger charge is 2.05. The molecule has 1 aromatic carbocycles. The molecule has 0 fully saturated rings. The number of anilines is 1. The van der Waals surface area contributed by atoms with Crippen molar-refractivity contribution in [2.45, 2.75) is 13.1 Å². The fraction of sp³-hybridized carbons (Fsp3) is 0.125. The number of rotatable bonds is 5. The van der Waals surface area contributed by atoms with Crippen molar-refractivity contribution in [1.82, 2.24) is 15.1 Å². The molecular weight excluding hydrogens is 296 g/mol. The van der Waals surface area contributed by atoms with E-state index in [4.69, 9.17) is 0 Å². The van der Waals surface area contributed by atoms with Gasteiger partial charge in [-0.05, 0) is 17.0 Å². The number of carbonyl (C=O) groups excluding carboxylic acids is 1. The SMILES string of the molecule is O=C(NCc1cccs1)Nc1ccn(Cc2ccccc2)n1. The Labute approximate surface area is 132 Å². The number of carbonyl (C=O) groups is 1. The van der Waals surface area contributed by atoms with Crippen LogP contribution in [0.25, 0.3) is 0 Å². The molecule has 0 radical (unpaired) electrons. The van der Waals surface area contributed by atoms with Crippen LogP contribution in [0, 0.1) is 0 Å². The van der Waals surface area contributed by atoms with E-state index in [1.165, 1.54) is 5.56 Å². The summed E-state index contributed by atoms with van der Waals surface area (Å²) in [6, 6.07) is 15.5. The molecule has 5 nitrogen and oxygen atoms in total. The van der Waals surface area contributed by atoms with Gasteiger partial charge in [-0.3, -0.25) is 10.00 Å². The molecule has 0 spiro atoms. The minimum absolute atomic E-state index is 0.252. The van der Waals surface area contributed by atoms with Crippen LogP contribution in [0.15, 0.2) is 60.1 Å². The fourth-order valence-electron chi connectivity index (χ4n) is 2.03. The Balaban J connectivity index is 1.51. The number of hydrogen-bond acceptors (Lipinski definition) is 3. The van der Waals surface area contributed by atoms with E-state index >= 15 is 0 Å². The van der Waals surface area contributed by atoms with Crippen molar-refractivity contribution < 1.29 is 4.79 Å². The first-order valence-corrected chi connectivity index (χ1v) is 7.82. The third kappa shape index (κ3) is 3.95. The Morgan fingerprint density at radius 1 is 1.14 bits per heavy atom. The number of nitrogens with one attached hydrogen (secondary N) is 2. The molecule has 0 bridgehead atoms. The van der Waals surface area contributed by atoms with Gasteiger partial charge in [-0.15, -0.1) is 11.3 Å². The zero-order chi connectivity index (χ0) is 15.2. The Hall–Kier alpha value is -2.60. The van der Waals surface area contributed by atoms with Gasteiger partial charge in [0.25, 0.3) is 0 Å². The Morgan fingerprint density at radius 2 is 2.00 bits per heavy atom. The highest BCUT2D eigenvalue weighted by Crippen LogP contribution is 2.08. The molecule has 6 heteroatoms. The highest BCUT2D eigenvalue weighted by atomic mass is 32.1. The molecular formula is C16H16N4OS. The van der Waals surface area contributed by atoms with Crippen molar-refractivity contribution in [3.05, 3.63) is 70.5 Å². The molecule has 3 aromatic rings. The van der Waals surface area contributed by atoms with Crippen molar-refractivity contribution in [2.24, 2.45) is 0 Å². The molecule has 0 aliphatic carbocycles. The summed E-state index contributed by atoms with van der Waals surface area (Å²) in [5.41, 5.74) is 1.17. The van der Waals surface area contributed by atoms with E-state index in [9.17, 15) is 4.79 Å². The monoisotopic (exact) mass is 312 g/mol. The summed E-state index contributed by atoms with van der Waals surface area (Å²) in [6.07, 6.45) is 1.85. The van der Waals surface area contributed by atoms with Crippen molar-refractivity contribution >= 4 is 23.2 Å². The molecule has 3 rings (SSSR count). The van der Waals surface area contributed by atoms with Crippen LogP contribution >= 0.6 is 11.3 Å². The second-order valence-corrected chi connectivity index (χ2v) is 5.80. The second kappa shape index (κ2) is 6.91. The first kappa shape index (κ1) is 14.3. The quantitative estimate of drug-likeness (QED) is 0.759. The zero-order valence-corrected chi connectivity index (χ0v) is 12.7. The van der Waals surface area contributed by atoms with E-state index in [1.807, 2.05) is 54.0 Å². The first-order valence-electron chi connectivity index (χ1n) is 6.94. The molecule has 112 valence electrons. The van der Waals surface area contributed by atoms with Crippen molar-refractivity contribution in [3.8, 4) is 0 Å². The Kier molecular flexibility index (Phi) is 4.50. The summed E-state index contributed by atoms with van der Waals surface area (Å²) in [5.74, 6) is 0.541. The van der Waals surface area contributed by atoms with Gasteiger partial charge in [0.1, 0.15) is 0 Å². The van der Waals surface area contributed by atoms with Crippen molar-refractivity contribution in [2.75, 3.05) is 5.32 Å². The number of amides is 2. The van der Waals surface area contributed by atoms with Gasteiger partial charge in [0, 0.05) is 17.1 Å². The lowest BCUT2D eigenvalue weighted by Gasteiger charge is -2.04. The lowest BCUT2D eigenvalue weighted by molar-refractivity contribution is 0.251. The third-order valence-electron chi connectivity index (χ3n) is 3.07. The van der Waals surface area contributed by atoms with Gasteiger partial charge in [0.2, 0.25) is 0 Å². The Morgan fingerprint density at radius 3 is 2.77 bits per heavy atom. The van der Waals surface area contributed by atoms with Crippen LogP contribution in [0.1, 0.15) is 10.4 Å². The first-order chi connectivity index (χ1) is 10.8. The summed E-state index contributed by atoms with van der Waals surface area (Å²) >= 11 is 1.61. The average Bonchev–Trinajstić information content (AvgIpc) is 3.18. The van der Waals surface area contributed by atoms with E-state index in [-0.39, 0.29) is 6.03 Å². The van der Waals surface area contributed by atoms with Crippen molar-refractivity contribution in [3.63, 3.8) is 0 Å². The molecule has 0 unspecified atom stereocenters. The van der Waals surface area contributed by atoms with Gasteiger partial charge in [-0.1, -0.05) is 36.4 Å². The van der Waals surface area contributed by atoms with E-state index in [0.29, 0.717) is 18.9 Å². The maximum atomic E-state index is 11.8. The van der Waals surface area contributed by atoms with Gasteiger partial charge < -0.3 is 5.32 Å². The summed E-state index contributed by atoms with van der Waals surface area (Å²) in [7, 11) is 0. The van der Waals surface area contributed by atoms with Gasteiger partial charge in [-0.25, -0.2) is 4.79 Å².